The second-order valence-electron chi connectivity index (χ2n) is 4.68. The van der Waals surface area contributed by atoms with E-state index in [1.165, 1.54) is 0 Å². The lowest BCUT2D eigenvalue weighted by Gasteiger charge is -2.17. The largest absolute Gasteiger partial charge is 0.473 e. The third-order valence-corrected chi connectivity index (χ3v) is 3.36. The number of nitrogens with zero attached hydrogens (tertiary/aromatic N) is 2. The number of aromatic nitrogens is 2. The molecule has 0 aliphatic carbocycles. The lowest BCUT2D eigenvalue weighted by atomic mass is 10.2. The van der Waals surface area contributed by atoms with Crippen molar-refractivity contribution in [2.45, 2.75) is 39.8 Å². The van der Waals surface area contributed by atoms with Crippen molar-refractivity contribution in [2.24, 2.45) is 0 Å². The van der Waals surface area contributed by atoms with Crippen LogP contribution in [-0.2, 0) is 0 Å². The first-order valence-corrected chi connectivity index (χ1v) is 7.24. The van der Waals surface area contributed by atoms with E-state index < -0.39 is 0 Å². The number of nitrogens with one attached hydrogen (secondary N) is 1. The highest BCUT2D eigenvalue weighted by Crippen LogP contribution is 2.27. The van der Waals surface area contributed by atoms with Crippen LogP contribution in [0.2, 0.25) is 0 Å². The monoisotopic (exact) mass is 277 g/mol. The highest BCUT2D eigenvalue weighted by Gasteiger charge is 2.12. The van der Waals surface area contributed by atoms with Gasteiger partial charge in [0.1, 0.15) is 0 Å². The van der Waals surface area contributed by atoms with Gasteiger partial charge in [-0.15, -0.1) is 11.3 Å². The molecule has 5 heteroatoms. The van der Waals surface area contributed by atoms with Gasteiger partial charge < -0.3 is 10.1 Å². The van der Waals surface area contributed by atoms with Gasteiger partial charge >= 0.3 is 0 Å². The lowest BCUT2D eigenvalue weighted by Crippen LogP contribution is -2.12. The summed E-state index contributed by atoms with van der Waals surface area (Å²) in [5.74, 6) is 0.635. The summed E-state index contributed by atoms with van der Waals surface area (Å²) in [4.78, 5) is 8.76. The smallest absolute Gasteiger partial charge is 0.237 e. The Balaban J connectivity index is 2.14. The van der Waals surface area contributed by atoms with E-state index in [2.05, 4.69) is 27.6 Å². The number of aryl methyl sites for hydroxylation is 1. The number of pyridine rings is 1. The molecule has 0 saturated carbocycles. The van der Waals surface area contributed by atoms with Crippen molar-refractivity contribution < 1.29 is 4.74 Å². The van der Waals surface area contributed by atoms with E-state index in [1.807, 2.05) is 32.9 Å². The number of rotatable bonds is 5. The Labute approximate surface area is 117 Å². The quantitative estimate of drug-likeness (QED) is 0.903. The Morgan fingerprint density at radius 1 is 1.32 bits per heavy atom. The average Bonchev–Trinajstić information content (AvgIpc) is 2.78. The molecular formula is C14H19N3OS. The Morgan fingerprint density at radius 2 is 2.11 bits per heavy atom. The fraction of sp³-hybridized carbons (Fsp3) is 0.429. The summed E-state index contributed by atoms with van der Waals surface area (Å²) in [6.07, 6.45) is 1.84. The maximum Gasteiger partial charge on any atom is 0.237 e. The summed E-state index contributed by atoms with van der Waals surface area (Å²) in [5, 5.41) is 6.56. The van der Waals surface area contributed by atoms with E-state index in [9.17, 15) is 0 Å². The van der Waals surface area contributed by atoms with Gasteiger partial charge in [0.15, 0.2) is 0 Å². The zero-order valence-corrected chi connectivity index (χ0v) is 12.5. The van der Waals surface area contributed by atoms with Gasteiger partial charge in [0.2, 0.25) is 5.88 Å². The summed E-state index contributed by atoms with van der Waals surface area (Å²) < 4.78 is 5.70. The lowest BCUT2D eigenvalue weighted by molar-refractivity contribution is 0.234. The molecule has 2 heterocycles. The van der Waals surface area contributed by atoms with E-state index in [-0.39, 0.29) is 12.1 Å². The van der Waals surface area contributed by atoms with Gasteiger partial charge in [-0.25, -0.2) is 9.97 Å². The Hall–Kier alpha value is -1.62. The SMILES string of the molecule is Cc1nc(C(C)Nc2cccnc2OC(C)C)cs1. The van der Waals surface area contributed by atoms with Crippen molar-refractivity contribution in [2.75, 3.05) is 5.32 Å². The van der Waals surface area contributed by atoms with E-state index in [1.54, 1.807) is 17.5 Å². The Bertz CT molecular complexity index is 539. The van der Waals surface area contributed by atoms with Gasteiger partial charge in [0.05, 0.1) is 28.5 Å². The molecule has 19 heavy (non-hydrogen) atoms. The summed E-state index contributed by atoms with van der Waals surface area (Å²) >= 11 is 1.66. The molecule has 2 aromatic heterocycles. The fourth-order valence-electron chi connectivity index (χ4n) is 1.70. The van der Waals surface area contributed by atoms with Crippen LogP contribution in [-0.4, -0.2) is 16.1 Å². The van der Waals surface area contributed by atoms with E-state index in [0.717, 1.165) is 16.4 Å². The van der Waals surface area contributed by atoms with Crippen molar-refractivity contribution in [3.63, 3.8) is 0 Å². The summed E-state index contributed by atoms with van der Waals surface area (Å²) in [6, 6.07) is 4.00. The fourth-order valence-corrected chi connectivity index (χ4v) is 2.41. The molecule has 4 nitrogen and oxygen atoms in total. The Kier molecular flexibility index (Phi) is 4.37. The molecule has 0 aliphatic rings. The van der Waals surface area contributed by atoms with Crippen LogP contribution >= 0.6 is 11.3 Å². The van der Waals surface area contributed by atoms with Crippen LogP contribution in [0, 0.1) is 6.92 Å². The minimum atomic E-state index is 0.104. The third-order valence-electron chi connectivity index (χ3n) is 2.57. The van der Waals surface area contributed by atoms with Crippen molar-refractivity contribution >= 4 is 17.0 Å². The van der Waals surface area contributed by atoms with Crippen LogP contribution in [0.3, 0.4) is 0 Å². The first kappa shape index (κ1) is 13.8. The van der Waals surface area contributed by atoms with E-state index in [4.69, 9.17) is 4.74 Å². The molecule has 0 radical (unpaired) electrons. The summed E-state index contributed by atoms with van der Waals surface area (Å²) in [6.45, 7) is 8.08. The van der Waals surface area contributed by atoms with Gasteiger partial charge in [-0.2, -0.15) is 0 Å². The maximum absolute atomic E-state index is 5.70. The highest BCUT2D eigenvalue weighted by atomic mass is 32.1. The van der Waals surface area contributed by atoms with Crippen molar-refractivity contribution in [1.82, 2.24) is 9.97 Å². The second-order valence-corrected chi connectivity index (χ2v) is 5.74. The molecule has 0 amide bonds. The van der Waals surface area contributed by atoms with Gasteiger partial charge in [0, 0.05) is 11.6 Å². The molecule has 0 saturated heterocycles. The molecule has 1 unspecified atom stereocenters. The number of thiazole rings is 1. The normalized spacial score (nSPS) is 12.5. The van der Waals surface area contributed by atoms with Gasteiger partial charge in [-0.1, -0.05) is 0 Å². The van der Waals surface area contributed by atoms with Gasteiger partial charge in [-0.3, -0.25) is 0 Å². The van der Waals surface area contributed by atoms with Crippen molar-refractivity contribution in [3.8, 4) is 5.88 Å². The second kappa shape index (κ2) is 6.02. The first-order valence-electron chi connectivity index (χ1n) is 6.36. The molecule has 0 bridgehead atoms. The Morgan fingerprint density at radius 3 is 2.74 bits per heavy atom. The average molecular weight is 277 g/mol. The number of ether oxygens (including phenoxy) is 1. The van der Waals surface area contributed by atoms with Gasteiger partial charge in [0.25, 0.3) is 0 Å². The van der Waals surface area contributed by atoms with Crippen LogP contribution in [0.15, 0.2) is 23.7 Å². The molecule has 0 fully saturated rings. The molecule has 2 rings (SSSR count). The molecule has 1 N–H and O–H groups in total. The minimum Gasteiger partial charge on any atom is -0.473 e. The molecule has 0 aliphatic heterocycles. The van der Waals surface area contributed by atoms with Crippen LogP contribution in [0.1, 0.15) is 37.5 Å². The van der Waals surface area contributed by atoms with Crippen LogP contribution < -0.4 is 10.1 Å². The van der Waals surface area contributed by atoms with E-state index in [0.29, 0.717) is 5.88 Å². The predicted molar refractivity (Wildman–Crippen MR) is 78.9 cm³/mol. The topological polar surface area (TPSA) is 47.0 Å². The number of anilines is 1. The molecule has 0 spiro atoms. The van der Waals surface area contributed by atoms with Crippen LogP contribution in [0.4, 0.5) is 5.69 Å². The highest BCUT2D eigenvalue weighted by molar-refractivity contribution is 7.09. The molecule has 1 atom stereocenters. The van der Waals surface area contributed by atoms with Crippen molar-refractivity contribution in [3.05, 3.63) is 34.4 Å². The molecule has 0 aromatic carbocycles. The number of hydrogen-bond donors (Lipinski definition) is 1. The summed E-state index contributed by atoms with van der Waals surface area (Å²) in [7, 11) is 0. The predicted octanol–water partition coefficient (Wildman–Crippen LogP) is 3.81. The first-order chi connectivity index (χ1) is 9.06. The van der Waals surface area contributed by atoms with E-state index >= 15 is 0 Å². The van der Waals surface area contributed by atoms with Crippen LogP contribution in [0.5, 0.6) is 5.88 Å². The van der Waals surface area contributed by atoms with Crippen LogP contribution in [0.25, 0.3) is 0 Å². The zero-order chi connectivity index (χ0) is 13.8. The minimum absolute atomic E-state index is 0.104. The summed E-state index contributed by atoms with van der Waals surface area (Å²) in [5.41, 5.74) is 1.94. The molecule has 2 aromatic rings. The molecular weight excluding hydrogens is 258 g/mol. The van der Waals surface area contributed by atoms with Crippen molar-refractivity contribution in [1.29, 1.82) is 0 Å². The standard InChI is InChI=1S/C14H19N3OS/c1-9(2)18-14-12(6-5-7-15-14)16-10(3)13-8-19-11(4)17-13/h5-10,16H,1-4H3. The number of hydrogen-bond acceptors (Lipinski definition) is 5. The zero-order valence-electron chi connectivity index (χ0n) is 11.7. The third kappa shape index (κ3) is 3.67. The van der Waals surface area contributed by atoms with Gasteiger partial charge in [-0.05, 0) is 39.8 Å². The maximum atomic E-state index is 5.70. The molecule has 102 valence electrons.